The first-order chi connectivity index (χ1) is 13.9. The van der Waals surface area contributed by atoms with E-state index in [0.29, 0.717) is 28.5 Å². The van der Waals surface area contributed by atoms with E-state index < -0.39 is 11.7 Å². The number of benzene rings is 1. The molecule has 1 N–H and O–H groups in total. The number of halogens is 3. The molecule has 6 nitrogen and oxygen atoms in total. The minimum atomic E-state index is -4.45. The van der Waals surface area contributed by atoms with Crippen molar-refractivity contribution in [2.24, 2.45) is 0 Å². The fraction of sp³-hybridized carbons (Fsp3) is 0.381. The lowest BCUT2D eigenvalue weighted by molar-refractivity contribution is -0.137. The average molecular weight is 420 g/mol. The zero-order valence-corrected chi connectivity index (χ0v) is 17.4. The Balaban J connectivity index is 1.81. The Labute approximate surface area is 172 Å². The predicted octanol–water partition coefficient (Wildman–Crippen LogP) is 4.97. The summed E-state index contributed by atoms with van der Waals surface area (Å²) >= 11 is 0. The zero-order valence-electron chi connectivity index (χ0n) is 17.4. The summed E-state index contributed by atoms with van der Waals surface area (Å²) < 4.78 is 45.8. The normalized spacial score (nSPS) is 12.3. The lowest BCUT2D eigenvalue weighted by Crippen LogP contribution is -2.16. The van der Waals surface area contributed by atoms with Crippen LogP contribution in [-0.4, -0.2) is 20.8 Å². The quantitative estimate of drug-likeness (QED) is 0.647. The fourth-order valence-electron chi connectivity index (χ4n) is 3.03. The van der Waals surface area contributed by atoms with E-state index >= 15 is 0 Å². The SMILES string of the molecule is Cc1nn(-c2cccc(C(F)(F)F)c2)c(C)c1CC(=O)Nc1cc(C(C)(C)C)on1. The summed E-state index contributed by atoms with van der Waals surface area (Å²) in [5.74, 6) is 0.631. The molecule has 9 heteroatoms. The Bertz CT molecular complexity index is 1070. The maximum atomic E-state index is 13.0. The maximum absolute atomic E-state index is 13.0. The maximum Gasteiger partial charge on any atom is 0.416 e. The topological polar surface area (TPSA) is 73.0 Å². The molecule has 0 saturated carbocycles. The summed E-state index contributed by atoms with van der Waals surface area (Å²) in [6.45, 7) is 9.33. The van der Waals surface area contributed by atoms with Crippen LogP contribution in [0, 0.1) is 13.8 Å². The summed E-state index contributed by atoms with van der Waals surface area (Å²) in [4.78, 5) is 12.5. The Morgan fingerprint density at radius 3 is 2.47 bits per heavy atom. The van der Waals surface area contributed by atoms with Crippen LogP contribution in [0.5, 0.6) is 0 Å². The highest BCUT2D eigenvalue weighted by molar-refractivity contribution is 5.91. The van der Waals surface area contributed by atoms with Gasteiger partial charge in [0.15, 0.2) is 5.82 Å². The van der Waals surface area contributed by atoms with Crippen LogP contribution in [0.1, 0.15) is 49.0 Å². The van der Waals surface area contributed by atoms with Gasteiger partial charge in [-0.1, -0.05) is 32.0 Å². The Kier molecular flexibility index (Phi) is 5.49. The molecule has 2 aromatic heterocycles. The largest absolute Gasteiger partial charge is 0.416 e. The van der Waals surface area contributed by atoms with Crippen LogP contribution in [0.4, 0.5) is 19.0 Å². The van der Waals surface area contributed by atoms with Crippen molar-refractivity contribution in [3.8, 4) is 5.69 Å². The number of hydrogen-bond acceptors (Lipinski definition) is 4. The lowest BCUT2D eigenvalue weighted by atomic mass is 9.93. The molecule has 0 atom stereocenters. The van der Waals surface area contributed by atoms with Gasteiger partial charge in [0.2, 0.25) is 5.91 Å². The number of amides is 1. The van der Waals surface area contributed by atoms with Gasteiger partial charge in [-0.3, -0.25) is 4.79 Å². The van der Waals surface area contributed by atoms with Gasteiger partial charge in [0.05, 0.1) is 23.4 Å². The number of alkyl halides is 3. The van der Waals surface area contributed by atoms with Crippen molar-refractivity contribution in [2.75, 3.05) is 5.32 Å². The Morgan fingerprint density at radius 1 is 1.17 bits per heavy atom. The molecule has 0 unspecified atom stereocenters. The number of rotatable bonds is 4. The van der Waals surface area contributed by atoms with Crippen molar-refractivity contribution in [3.63, 3.8) is 0 Å². The minimum absolute atomic E-state index is 0.00827. The number of nitrogens with zero attached hydrogens (tertiary/aromatic N) is 3. The number of carbonyl (C=O) groups excluding carboxylic acids is 1. The monoisotopic (exact) mass is 420 g/mol. The highest BCUT2D eigenvalue weighted by Gasteiger charge is 2.31. The van der Waals surface area contributed by atoms with E-state index in [1.165, 1.54) is 10.7 Å². The van der Waals surface area contributed by atoms with Gasteiger partial charge >= 0.3 is 6.18 Å². The summed E-state index contributed by atoms with van der Waals surface area (Å²) in [7, 11) is 0. The van der Waals surface area contributed by atoms with Crippen molar-refractivity contribution >= 4 is 11.7 Å². The van der Waals surface area contributed by atoms with E-state index in [-0.39, 0.29) is 23.4 Å². The van der Waals surface area contributed by atoms with Gasteiger partial charge in [0, 0.05) is 22.7 Å². The molecule has 0 aliphatic rings. The highest BCUT2D eigenvalue weighted by Crippen LogP contribution is 2.31. The highest BCUT2D eigenvalue weighted by atomic mass is 19.4. The van der Waals surface area contributed by atoms with Crippen molar-refractivity contribution in [1.29, 1.82) is 0 Å². The first-order valence-corrected chi connectivity index (χ1v) is 9.36. The Morgan fingerprint density at radius 2 is 1.87 bits per heavy atom. The van der Waals surface area contributed by atoms with Crippen LogP contribution in [0.3, 0.4) is 0 Å². The molecular weight excluding hydrogens is 397 g/mol. The van der Waals surface area contributed by atoms with Gasteiger partial charge in [0.1, 0.15) is 5.76 Å². The first kappa shape index (κ1) is 21.6. The summed E-state index contributed by atoms with van der Waals surface area (Å²) in [5.41, 5.74) is 1.09. The minimum Gasteiger partial charge on any atom is -0.359 e. The lowest BCUT2D eigenvalue weighted by Gasteiger charge is -2.12. The van der Waals surface area contributed by atoms with Crippen molar-refractivity contribution < 1.29 is 22.5 Å². The molecular formula is C21H23F3N4O2. The molecule has 0 bridgehead atoms. The third-order valence-electron chi connectivity index (χ3n) is 4.71. The van der Waals surface area contributed by atoms with Gasteiger partial charge < -0.3 is 9.84 Å². The van der Waals surface area contributed by atoms with Crippen molar-refractivity contribution in [2.45, 2.75) is 52.6 Å². The molecule has 3 aromatic rings. The molecule has 0 aliphatic heterocycles. The fourth-order valence-corrected chi connectivity index (χ4v) is 3.03. The molecule has 1 amide bonds. The molecule has 0 saturated heterocycles. The molecule has 0 aliphatic carbocycles. The summed E-state index contributed by atoms with van der Waals surface area (Å²) in [6, 6.07) is 6.59. The van der Waals surface area contributed by atoms with Crippen molar-refractivity contribution in [3.05, 3.63) is 58.6 Å². The average Bonchev–Trinajstić information content (AvgIpc) is 3.21. The second-order valence-corrected chi connectivity index (χ2v) is 8.16. The molecule has 0 radical (unpaired) electrons. The van der Waals surface area contributed by atoms with Gasteiger partial charge in [0.25, 0.3) is 0 Å². The number of nitrogens with one attached hydrogen (secondary N) is 1. The third kappa shape index (κ3) is 4.55. The standard InChI is InChI=1S/C21H23F3N4O2/c1-12-16(10-19(29)25-18-11-17(30-27-18)20(3,4)5)13(2)28(26-12)15-8-6-7-14(9-15)21(22,23)24/h6-9,11H,10H2,1-5H3,(H,25,27,29). The molecule has 3 rings (SSSR count). The number of aryl methyl sites for hydroxylation is 1. The molecule has 160 valence electrons. The number of carbonyl (C=O) groups is 1. The van der Waals surface area contributed by atoms with Gasteiger partial charge in [-0.25, -0.2) is 4.68 Å². The predicted molar refractivity (Wildman–Crippen MR) is 106 cm³/mol. The first-order valence-electron chi connectivity index (χ1n) is 9.36. The molecule has 30 heavy (non-hydrogen) atoms. The third-order valence-corrected chi connectivity index (χ3v) is 4.71. The van der Waals surface area contributed by atoms with E-state index in [1.807, 2.05) is 20.8 Å². The van der Waals surface area contributed by atoms with Crippen LogP contribution in [0.15, 0.2) is 34.9 Å². The zero-order chi connectivity index (χ0) is 22.3. The van der Waals surface area contributed by atoms with Crippen LogP contribution in [0.2, 0.25) is 0 Å². The van der Waals surface area contributed by atoms with E-state index in [4.69, 9.17) is 4.52 Å². The van der Waals surface area contributed by atoms with Crippen LogP contribution >= 0.6 is 0 Å². The van der Waals surface area contributed by atoms with E-state index in [1.54, 1.807) is 26.0 Å². The van der Waals surface area contributed by atoms with Gasteiger partial charge in [-0.05, 0) is 32.0 Å². The number of hydrogen-bond donors (Lipinski definition) is 1. The number of aromatic nitrogens is 3. The smallest absolute Gasteiger partial charge is 0.359 e. The summed E-state index contributed by atoms with van der Waals surface area (Å²) in [5, 5.41) is 10.9. The van der Waals surface area contributed by atoms with Crippen molar-refractivity contribution in [1.82, 2.24) is 14.9 Å². The van der Waals surface area contributed by atoms with E-state index in [2.05, 4.69) is 15.6 Å². The van der Waals surface area contributed by atoms with Gasteiger partial charge in [-0.15, -0.1) is 0 Å². The second-order valence-electron chi connectivity index (χ2n) is 8.16. The summed E-state index contributed by atoms with van der Waals surface area (Å²) in [6.07, 6.45) is -4.44. The van der Waals surface area contributed by atoms with Gasteiger partial charge in [-0.2, -0.15) is 18.3 Å². The molecule has 0 fully saturated rings. The molecule has 0 spiro atoms. The van der Waals surface area contributed by atoms with E-state index in [9.17, 15) is 18.0 Å². The molecule has 2 heterocycles. The van der Waals surface area contributed by atoms with Crippen LogP contribution in [-0.2, 0) is 22.8 Å². The Hall–Kier alpha value is -3.10. The van der Waals surface area contributed by atoms with E-state index in [0.717, 1.165) is 12.1 Å². The van der Waals surface area contributed by atoms with Crippen LogP contribution in [0.25, 0.3) is 5.69 Å². The molecule has 1 aromatic carbocycles. The second kappa shape index (κ2) is 7.62. The number of anilines is 1. The van der Waals surface area contributed by atoms with Crippen LogP contribution < -0.4 is 5.32 Å².